The molecule has 0 aromatic carbocycles. The molecule has 1 saturated heterocycles. The number of likely N-dealkylation sites (N-methyl/N-ethyl adjacent to an activating group) is 1. The molecule has 1 unspecified atom stereocenters. The van der Waals surface area contributed by atoms with E-state index in [9.17, 15) is 4.79 Å². The number of halogens is 1. The molecular formula is C15H23ClN4O. The molecule has 116 valence electrons. The van der Waals surface area contributed by atoms with E-state index in [2.05, 4.69) is 29.0 Å². The van der Waals surface area contributed by atoms with Crippen LogP contribution in [-0.4, -0.2) is 60.0 Å². The molecule has 1 fully saturated rings. The van der Waals surface area contributed by atoms with Gasteiger partial charge >= 0.3 is 0 Å². The Balaban J connectivity index is 2.11. The number of carbonyl (C=O) groups is 1. The molecule has 1 atom stereocenters. The van der Waals surface area contributed by atoms with Crippen molar-refractivity contribution in [3.8, 4) is 0 Å². The van der Waals surface area contributed by atoms with Gasteiger partial charge in [-0.15, -0.1) is 0 Å². The van der Waals surface area contributed by atoms with E-state index in [1.807, 2.05) is 4.90 Å². The highest BCUT2D eigenvalue weighted by Crippen LogP contribution is 2.23. The average Bonchev–Trinajstić information content (AvgIpc) is 2.98. The van der Waals surface area contributed by atoms with Gasteiger partial charge in [-0.3, -0.25) is 9.69 Å². The molecule has 6 heteroatoms. The standard InChI is InChI=1S/C15H23ClN4O/c1-4-19(5-2)11-6-7-20(10-11)15(21)12-8-14(17-3)18-9-13(12)16/h8-9,11H,4-7,10H2,1-3H3,(H,17,18). The van der Waals surface area contributed by atoms with Gasteiger partial charge in [-0.1, -0.05) is 25.4 Å². The van der Waals surface area contributed by atoms with Gasteiger partial charge in [0, 0.05) is 32.4 Å². The summed E-state index contributed by atoms with van der Waals surface area (Å²) in [6, 6.07) is 2.17. The van der Waals surface area contributed by atoms with Crippen LogP contribution in [0.15, 0.2) is 12.3 Å². The van der Waals surface area contributed by atoms with Crippen LogP contribution >= 0.6 is 11.6 Å². The first-order chi connectivity index (χ1) is 10.1. The van der Waals surface area contributed by atoms with Gasteiger partial charge in [0.15, 0.2) is 0 Å². The molecule has 0 aliphatic carbocycles. The van der Waals surface area contributed by atoms with Crippen molar-refractivity contribution >= 4 is 23.3 Å². The van der Waals surface area contributed by atoms with Crippen molar-refractivity contribution in [2.24, 2.45) is 0 Å². The van der Waals surface area contributed by atoms with Gasteiger partial charge in [-0.2, -0.15) is 0 Å². The zero-order chi connectivity index (χ0) is 15.4. The maximum Gasteiger partial charge on any atom is 0.255 e. The van der Waals surface area contributed by atoms with Crippen LogP contribution in [-0.2, 0) is 0 Å². The Bertz CT molecular complexity index is 504. The van der Waals surface area contributed by atoms with E-state index in [0.29, 0.717) is 22.4 Å². The number of carbonyl (C=O) groups excluding carboxylic acids is 1. The highest BCUT2D eigenvalue weighted by Gasteiger charge is 2.30. The number of rotatable bonds is 5. The SMILES string of the molecule is CCN(CC)C1CCN(C(=O)c2cc(NC)ncc2Cl)C1. The Morgan fingerprint density at radius 3 is 2.86 bits per heavy atom. The van der Waals surface area contributed by atoms with Crippen molar-refractivity contribution in [1.29, 1.82) is 0 Å². The number of nitrogens with zero attached hydrogens (tertiary/aromatic N) is 3. The molecule has 21 heavy (non-hydrogen) atoms. The van der Waals surface area contributed by atoms with E-state index in [4.69, 9.17) is 11.6 Å². The summed E-state index contributed by atoms with van der Waals surface area (Å²) in [5, 5.41) is 3.34. The summed E-state index contributed by atoms with van der Waals surface area (Å²) >= 11 is 6.13. The minimum atomic E-state index is -0.00597. The number of hydrogen-bond acceptors (Lipinski definition) is 4. The Hall–Kier alpha value is -1.33. The number of hydrogen-bond donors (Lipinski definition) is 1. The minimum absolute atomic E-state index is 0.00597. The highest BCUT2D eigenvalue weighted by atomic mass is 35.5. The van der Waals surface area contributed by atoms with E-state index in [-0.39, 0.29) is 5.91 Å². The van der Waals surface area contributed by atoms with Crippen molar-refractivity contribution in [3.63, 3.8) is 0 Å². The second kappa shape index (κ2) is 7.09. The lowest BCUT2D eigenvalue weighted by atomic mass is 10.2. The Labute approximate surface area is 131 Å². The van der Waals surface area contributed by atoms with Crippen LogP contribution in [0.3, 0.4) is 0 Å². The third kappa shape index (κ3) is 3.47. The Morgan fingerprint density at radius 1 is 1.52 bits per heavy atom. The first-order valence-corrected chi connectivity index (χ1v) is 7.85. The van der Waals surface area contributed by atoms with Gasteiger partial charge in [0.2, 0.25) is 0 Å². The van der Waals surface area contributed by atoms with Crippen LogP contribution in [0.2, 0.25) is 5.02 Å². The van der Waals surface area contributed by atoms with Gasteiger partial charge < -0.3 is 10.2 Å². The molecule has 2 heterocycles. The Morgan fingerprint density at radius 2 is 2.24 bits per heavy atom. The van der Waals surface area contributed by atoms with Crippen molar-refractivity contribution in [2.45, 2.75) is 26.3 Å². The van der Waals surface area contributed by atoms with Gasteiger partial charge in [0.25, 0.3) is 5.91 Å². The number of anilines is 1. The molecule has 2 rings (SSSR count). The predicted molar refractivity (Wildman–Crippen MR) is 86.0 cm³/mol. The number of nitrogens with one attached hydrogen (secondary N) is 1. The summed E-state index contributed by atoms with van der Waals surface area (Å²) in [5.74, 6) is 0.649. The topological polar surface area (TPSA) is 48.5 Å². The van der Waals surface area contributed by atoms with Gasteiger partial charge in [-0.25, -0.2) is 4.98 Å². The summed E-state index contributed by atoms with van der Waals surface area (Å²) in [6.45, 7) is 7.91. The molecule has 0 radical (unpaired) electrons. The zero-order valence-electron chi connectivity index (χ0n) is 12.9. The summed E-state index contributed by atoms with van der Waals surface area (Å²) < 4.78 is 0. The Kier molecular flexibility index (Phi) is 5.42. The quantitative estimate of drug-likeness (QED) is 0.907. The molecular weight excluding hydrogens is 288 g/mol. The summed E-state index contributed by atoms with van der Waals surface area (Å²) in [4.78, 5) is 21.1. The second-order valence-electron chi connectivity index (χ2n) is 5.21. The molecule has 1 aromatic heterocycles. The van der Waals surface area contributed by atoms with Gasteiger partial charge in [0.1, 0.15) is 5.82 Å². The van der Waals surface area contributed by atoms with Crippen LogP contribution in [0.4, 0.5) is 5.82 Å². The summed E-state index contributed by atoms with van der Waals surface area (Å²) in [7, 11) is 1.77. The number of likely N-dealkylation sites (tertiary alicyclic amines) is 1. The third-order valence-electron chi connectivity index (χ3n) is 4.12. The normalized spacial score (nSPS) is 18.3. The smallest absolute Gasteiger partial charge is 0.255 e. The van der Waals surface area contributed by atoms with E-state index in [1.54, 1.807) is 13.1 Å². The second-order valence-corrected chi connectivity index (χ2v) is 5.62. The number of amides is 1. The van der Waals surface area contributed by atoms with E-state index < -0.39 is 0 Å². The van der Waals surface area contributed by atoms with Crippen LogP contribution in [0.5, 0.6) is 0 Å². The molecule has 0 saturated carbocycles. The maximum absolute atomic E-state index is 12.6. The summed E-state index contributed by atoms with van der Waals surface area (Å²) in [6.07, 6.45) is 2.55. The molecule has 0 bridgehead atoms. The lowest BCUT2D eigenvalue weighted by Gasteiger charge is -2.26. The molecule has 1 amide bonds. The fourth-order valence-corrected chi connectivity index (χ4v) is 3.06. The zero-order valence-corrected chi connectivity index (χ0v) is 13.7. The minimum Gasteiger partial charge on any atom is -0.373 e. The fraction of sp³-hybridized carbons (Fsp3) is 0.600. The van der Waals surface area contributed by atoms with Crippen molar-refractivity contribution < 1.29 is 4.79 Å². The first-order valence-electron chi connectivity index (χ1n) is 7.47. The number of aromatic nitrogens is 1. The van der Waals surface area contributed by atoms with Crippen molar-refractivity contribution in [1.82, 2.24) is 14.8 Å². The van der Waals surface area contributed by atoms with E-state index in [0.717, 1.165) is 32.6 Å². The molecule has 1 N–H and O–H groups in total. The maximum atomic E-state index is 12.6. The van der Waals surface area contributed by atoms with Gasteiger partial charge in [-0.05, 0) is 25.6 Å². The average molecular weight is 311 g/mol. The van der Waals surface area contributed by atoms with E-state index in [1.165, 1.54) is 6.20 Å². The number of pyridine rings is 1. The first kappa shape index (κ1) is 16.0. The largest absolute Gasteiger partial charge is 0.373 e. The summed E-state index contributed by atoms with van der Waals surface area (Å²) in [5.41, 5.74) is 0.524. The van der Waals surface area contributed by atoms with Crippen molar-refractivity contribution in [2.75, 3.05) is 38.5 Å². The lowest BCUT2D eigenvalue weighted by molar-refractivity contribution is 0.0778. The monoisotopic (exact) mass is 310 g/mol. The van der Waals surface area contributed by atoms with Gasteiger partial charge in [0.05, 0.1) is 10.6 Å². The fourth-order valence-electron chi connectivity index (χ4n) is 2.87. The third-order valence-corrected chi connectivity index (χ3v) is 4.42. The molecule has 1 aliphatic rings. The van der Waals surface area contributed by atoms with E-state index >= 15 is 0 Å². The van der Waals surface area contributed by atoms with Crippen LogP contribution in [0.1, 0.15) is 30.6 Å². The molecule has 1 aliphatic heterocycles. The lowest BCUT2D eigenvalue weighted by Crippen LogP contribution is -2.38. The predicted octanol–water partition coefficient (Wildman–Crippen LogP) is 2.33. The van der Waals surface area contributed by atoms with Crippen molar-refractivity contribution in [3.05, 3.63) is 22.8 Å². The highest BCUT2D eigenvalue weighted by molar-refractivity contribution is 6.33. The molecule has 5 nitrogen and oxygen atoms in total. The van der Waals surface area contributed by atoms with Crippen LogP contribution in [0, 0.1) is 0 Å². The molecule has 0 spiro atoms. The van der Waals surface area contributed by atoms with Crippen LogP contribution < -0.4 is 5.32 Å². The van der Waals surface area contributed by atoms with Crippen LogP contribution in [0.25, 0.3) is 0 Å². The molecule has 1 aromatic rings.